The molecule has 0 saturated carbocycles. The van der Waals surface area contributed by atoms with Crippen LogP contribution >= 0.6 is 22.6 Å². The Hall–Kier alpha value is -0.0505. The summed E-state index contributed by atoms with van der Waals surface area (Å²) in [7, 11) is 0. The number of hydrogen-bond donors (Lipinski definition) is 0. The second-order valence-corrected chi connectivity index (χ2v) is 3.77. The molecule has 0 N–H and O–H groups in total. The van der Waals surface area contributed by atoms with Crippen molar-refractivity contribution in [1.29, 1.82) is 0 Å². The molecule has 0 aliphatic heterocycles. The van der Waals surface area contributed by atoms with Gasteiger partial charge in [0.1, 0.15) is 0 Å². The molecule has 14 heavy (non-hydrogen) atoms. The fourth-order valence-electron chi connectivity index (χ4n) is 1.01. The maximum absolute atomic E-state index is 2.39. The van der Waals surface area contributed by atoms with Gasteiger partial charge in [0.05, 0.1) is 0 Å². The molecule has 0 atom stereocenters. The Kier molecular flexibility index (Phi) is 9.47. The Bertz CT molecular complexity index is 254. The SMILES string of the molecule is ICC[c-]1cccc1.[Fe+2].c1cc[cH-]c1. The molecule has 0 fully saturated rings. The number of alkyl halides is 1. The third kappa shape index (κ3) is 6.41. The van der Waals surface area contributed by atoms with Gasteiger partial charge in [0.25, 0.3) is 0 Å². The standard InChI is InChI=1S/C7H8I.C5H5.Fe/c8-6-5-7-3-1-2-4-7;1-2-4-5-3-1;/h1-4H,5-6H2;1-5H;/q2*-1;+2. The first kappa shape index (κ1) is 13.9. The van der Waals surface area contributed by atoms with Gasteiger partial charge in [-0.1, -0.05) is 29.0 Å². The van der Waals surface area contributed by atoms with Gasteiger partial charge in [0, 0.05) is 0 Å². The summed E-state index contributed by atoms with van der Waals surface area (Å²) in [5.41, 5.74) is 1.46. The van der Waals surface area contributed by atoms with E-state index < -0.39 is 0 Å². The average Bonchev–Trinajstić information content (AvgIpc) is 2.79. The van der Waals surface area contributed by atoms with Gasteiger partial charge < -0.3 is 0 Å². The van der Waals surface area contributed by atoms with Gasteiger partial charge in [-0.05, 0) is 4.43 Å². The molecule has 76 valence electrons. The van der Waals surface area contributed by atoms with Crippen LogP contribution in [-0.2, 0) is 23.5 Å². The van der Waals surface area contributed by atoms with Crippen molar-refractivity contribution < 1.29 is 17.1 Å². The van der Waals surface area contributed by atoms with Crippen molar-refractivity contribution in [2.75, 3.05) is 4.43 Å². The molecule has 0 saturated heterocycles. The topological polar surface area (TPSA) is 0 Å². The Morgan fingerprint density at radius 1 is 1.00 bits per heavy atom. The molecule has 0 aliphatic carbocycles. The van der Waals surface area contributed by atoms with E-state index in [-0.39, 0.29) is 17.1 Å². The molecule has 0 aliphatic rings. The first-order valence-corrected chi connectivity index (χ1v) is 5.89. The number of rotatable bonds is 2. The van der Waals surface area contributed by atoms with Gasteiger partial charge in [-0.25, -0.2) is 24.3 Å². The van der Waals surface area contributed by atoms with Crippen LogP contribution < -0.4 is 0 Å². The summed E-state index contributed by atoms with van der Waals surface area (Å²) in [5, 5.41) is 0. The molecule has 2 aromatic rings. The predicted molar refractivity (Wildman–Crippen MR) is 66.7 cm³/mol. The zero-order valence-electron chi connectivity index (χ0n) is 7.84. The molecular weight excluding hydrogens is 327 g/mol. The molecule has 0 radical (unpaired) electrons. The molecule has 0 amide bonds. The van der Waals surface area contributed by atoms with E-state index in [2.05, 4.69) is 46.9 Å². The second-order valence-electron chi connectivity index (χ2n) is 2.69. The van der Waals surface area contributed by atoms with Gasteiger partial charge in [-0.2, -0.15) is 35.9 Å². The molecule has 0 bridgehead atoms. The van der Waals surface area contributed by atoms with Gasteiger partial charge >= 0.3 is 17.1 Å². The second kappa shape index (κ2) is 9.50. The fraction of sp³-hybridized carbons (Fsp3) is 0.167. The first-order valence-electron chi connectivity index (χ1n) is 4.36. The zero-order chi connectivity index (χ0) is 9.36. The average molecular weight is 340 g/mol. The number of halogens is 1. The third-order valence-corrected chi connectivity index (χ3v) is 2.21. The van der Waals surface area contributed by atoms with Crippen molar-refractivity contribution in [2.24, 2.45) is 0 Å². The summed E-state index contributed by atoms with van der Waals surface area (Å²) in [6.07, 6.45) is 1.22. The van der Waals surface area contributed by atoms with Gasteiger partial charge in [-0.3, -0.25) is 0 Å². The Labute approximate surface area is 110 Å². The minimum Gasteiger partial charge on any atom is -0.214 e. The predicted octanol–water partition coefficient (Wildman–Crippen LogP) is 3.79. The summed E-state index contributed by atoms with van der Waals surface area (Å²) >= 11 is 2.39. The summed E-state index contributed by atoms with van der Waals surface area (Å²) in [6, 6.07) is 18.5. The quantitative estimate of drug-likeness (QED) is 0.338. The van der Waals surface area contributed by atoms with Crippen LogP contribution in [0.15, 0.2) is 54.6 Å². The van der Waals surface area contributed by atoms with E-state index in [0.29, 0.717) is 0 Å². The van der Waals surface area contributed by atoms with Crippen molar-refractivity contribution in [3.63, 3.8) is 0 Å². The van der Waals surface area contributed by atoms with E-state index in [1.807, 2.05) is 30.3 Å². The third-order valence-electron chi connectivity index (χ3n) is 1.67. The minimum atomic E-state index is 0. The molecule has 0 heterocycles. The van der Waals surface area contributed by atoms with Gasteiger partial charge in [0.15, 0.2) is 0 Å². The molecular formula is C12H13FeI. The van der Waals surface area contributed by atoms with E-state index in [4.69, 9.17) is 0 Å². The molecule has 2 heteroatoms. The maximum atomic E-state index is 2.39. The number of hydrogen-bond acceptors (Lipinski definition) is 0. The summed E-state index contributed by atoms with van der Waals surface area (Å²) in [6.45, 7) is 0. The Balaban J connectivity index is 0.000000246. The van der Waals surface area contributed by atoms with Crippen molar-refractivity contribution in [2.45, 2.75) is 6.42 Å². The van der Waals surface area contributed by atoms with E-state index in [0.717, 1.165) is 0 Å². The van der Waals surface area contributed by atoms with Crippen LogP contribution in [0, 0.1) is 0 Å². The molecule has 2 aromatic carbocycles. The first-order chi connectivity index (χ1) is 6.43. The van der Waals surface area contributed by atoms with Gasteiger partial charge in [-0.15, -0.1) is 0 Å². The normalized spacial score (nSPS) is 8.36. The van der Waals surface area contributed by atoms with Crippen LogP contribution in [0.3, 0.4) is 0 Å². The van der Waals surface area contributed by atoms with Crippen molar-refractivity contribution in [3.05, 3.63) is 60.2 Å². The van der Waals surface area contributed by atoms with E-state index >= 15 is 0 Å². The van der Waals surface area contributed by atoms with Crippen LogP contribution in [0.25, 0.3) is 0 Å². The zero-order valence-corrected chi connectivity index (χ0v) is 11.1. The summed E-state index contributed by atoms with van der Waals surface area (Å²) < 4.78 is 1.22. The van der Waals surface area contributed by atoms with Crippen LogP contribution in [-0.4, -0.2) is 4.43 Å². The molecule has 0 nitrogen and oxygen atoms in total. The van der Waals surface area contributed by atoms with Crippen molar-refractivity contribution in [3.8, 4) is 0 Å². The minimum absolute atomic E-state index is 0. The largest absolute Gasteiger partial charge is 2.00 e. The number of aryl methyl sites for hydroxylation is 1. The summed E-state index contributed by atoms with van der Waals surface area (Å²) in [4.78, 5) is 0. The van der Waals surface area contributed by atoms with Crippen LogP contribution in [0.2, 0.25) is 0 Å². The summed E-state index contributed by atoms with van der Waals surface area (Å²) in [5.74, 6) is 0. The monoisotopic (exact) mass is 340 g/mol. The van der Waals surface area contributed by atoms with E-state index in [9.17, 15) is 0 Å². The Morgan fingerprint density at radius 2 is 1.57 bits per heavy atom. The maximum Gasteiger partial charge on any atom is 2.00 e. The van der Waals surface area contributed by atoms with Crippen molar-refractivity contribution >= 4 is 22.6 Å². The van der Waals surface area contributed by atoms with Crippen LogP contribution in [0.1, 0.15) is 5.56 Å². The van der Waals surface area contributed by atoms with E-state index in [1.165, 1.54) is 16.4 Å². The van der Waals surface area contributed by atoms with Crippen molar-refractivity contribution in [1.82, 2.24) is 0 Å². The fourth-order valence-corrected chi connectivity index (χ4v) is 1.63. The van der Waals surface area contributed by atoms with Crippen LogP contribution in [0.4, 0.5) is 0 Å². The molecule has 0 spiro atoms. The Morgan fingerprint density at radius 3 is 1.93 bits per heavy atom. The van der Waals surface area contributed by atoms with E-state index in [1.54, 1.807) is 0 Å². The smallest absolute Gasteiger partial charge is 0.214 e. The molecule has 2 rings (SSSR count). The van der Waals surface area contributed by atoms with Crippen LogP contribution in [0.5, 0.6) is 0 Å². The molecule has 0 unspecified atom stereocenters. The van der Waals surface area contributed by atoms with Gasteiger partial charge in [0.2, 0.25) is 0 Å². The molecule has 0 aromatic heterocycles.